The van der Waals surface area contributed by atoms with Crippen LogP contribution in [0.2, 0.25) is 0 Å². The highest BCUT2D eigenvalue weighted by Crippen LogP contribution is 2.39. The molecule has 5 heteroatoms. The number of hydrogen-bond acceptors (Lipinski definition) is 3. The fourth-order valence-electron chi connectivity index (χ4n) is 3.33. The van der Waals surface area contributed by atoms with E-state index in [0.717, 1.165) is 26.8 Å². The first kappa shape index (κ1) is 17.9. The van der Waals surface area contributed by atoms with Crippen LogP contribution in [0.25, 0.3) is 21.9 Å². The molecule has 0 unspecified atom stereocenters. The molecule has 4 nitrogen and oxygen atoms in total. The number of amides is 2. The van der Waals surface area contributed by atoms with Crippen LogP contribution < -0.4 is 11.1 Å². The maximum absolute atomic E-state index is 12.8. The Kier molecular flexibility index (Phi) is 4.67. The van der Waals surface area contributed by atoms with Gasteiger partial charge < -0.3 is 11.1 Å². The molecule has 4 aromatic rings. The highest BCUT2D eigenvalue weighted by Gasteiger charge is 2.23. The molecule has 0 aliphatic rings. The minimum atomic E-state index is -0.558. The molecule has 28 heavy (non-hydrogen) atoms. The second kappa shape index (κ2) is 7.29. The van der Waals surface area contributed by atoms with Crippen molar-refractivity contribution in [1.29, 1.82) is 0 Å². The SMILES string of the molecule is Cc1sc(NC(=O)c2ccc3ccccc3c2)c(C(N)=O)c1-c1ccccc1. The molecular weight excluding hydrogens is 368 g/mol. The van der Waals surface area contributed by atoms with Gasteiger partial charge >= 0.3 is 0 Å². The first-order valence-electron chi connectivity index (χ1n) is 8.83. The quantitative estimate of drug-likeness (QED) is 0.504. The third kappa shape index (κ3) is 3.28. The number of hydrogen-bond donors (Lipinski definition) is 2. The summed E-state index contributed by atoms with van der Waals surface area (Å²) < 4.78 is 0. The number of primary amides is 1. The van der Waals surface area contributed by atoms with E-state index in [4.69, 9.17) is 5.73 Å². The Balaban J connectivity index is 1.73. The molecule has 0 atom stereocenters. The average molecular weight is 386 g/mol. The molecule has 0 spiro atoms. The summed E-state index contributed by atoms with van der Waals surface area (Å²) in [6.07, 6.45) is 0. The Morgan fingerprint density at radius 2 is 1.57 bits per heavy atom. The van der Waals surface area contributed by atoms with Crippen molar-refractivity contribution >= 4 is 38.9 Å². The van der Waals surface area contributed by atoms with Gasteiger partial charge in [0, 0.05) is 16.0 Å². The Hall–Kier alpha value is -3.44. The maximum atomic E-state index is 12.8. The molecule has 1 heterocycles. The van der Waals surface area contributed by atoms with Crippen molar-refractivity contribution in [2.75, 3.05) is 5.32 Å². The van der Waals surface area contributed by atoms with Gasteiger partial charge in [-0.25, -0.2) is 0 Å². The van der Waals surface area contributed by atoms with E-state index in [0.29, 0.717) is 16.1 Å². The number of carbonyl (C=O) groups excluding carboxylic acids is 2. The van der Waals surface area contributed by atoms with E-state index in [-0.39, 0.29) is 5.91 Å². The first-order chi connectivity index (χ1) is 13.5. The van der Waals surface area contributed by atoms with Crippen LogP contribution in [0.1, 0.15) is 25.6 Å². The van der Waals surface area contributed by atoms with E-state index >= 15 is 0 Å². The van der Waals surface area contributed by atoms with Gasteiger partial charge in [0.25, 0.3) is 11.8 Å². The summed E-state index contributed by atoms with van der Waals surface area (Å²) in [5, 5.41) is 5.41. The zero-order valence-electron chi connectivity index (χ0n) is 15.2. The first-order valence-corrected chi connectivity index (χ1v) is 9.65. The summed E-state index contributed by atoms with van der Waals surface area (Å²) >= 11 is 1.36. The molecular formula is C23H18N2O2S. The molecule has 0 aliphatic heterocycles. The normalized spacial score (nSPS) is 10.8. The molecule has 3 N–H and O–H groups in total. The van der Waals surface area contributed by atoms with Gasteiger partial charge in [-0.05, 0) is 35.4 Å². The van der Waals surface area contributed by atoms with E-state index in [1.54, 1.807) is 6.07 Å². The highest BCUT2D eigenvalue weighted by atomic mass is 32.1. The molecule has 0 radical (unpaired) electrons. The van der Waals surface area contributed by atoms with Gasteiger partial charge in [0.2, 0.25) is 0 Å². The number of anilines is 1. The second-order valence-electron chi connectivity index (χ2n) is 6.48. The lowest BCUT2D eigenvalue weighted by Crippen LogP contribution is -2.17. The highest BCUT2D eigenvalue weighted by molar-refractivity contribution is 7.17. The zero-order valence-corrected chi connectivity index (χ0v) is 16.0. The van der Waals surface area contributed by atoms with Gasteiger partial charge in [-0.2, -0.15) is 0 Å². The van der Waals surface area contributed by atoms with Gasteiger partial charge in [0.15, 0.2) is 0 Å². The Morgan fingerprint density at radius 1 is 0.893 bits per heavy atom. The summed E-state index contributed by atoms with van der Waals surface area (Å²) in [7, 11) is 0. The van der Waals surface area contributed by atoms with Crippen LogP contribution in [-0.2, 0) is 0 Å². The van der Waals surface area contributed by atoms with Crippen molar-refractivity contribution in [1.82, 2.24) is 0 Å². The molecule has 138 valence electrons. The molecule has 0 fully saturated rings. The molecule has 0 bridgehead atoms. The van der Waals surface area contributed by atoms with Crippen molar-refractivity contribution in [3.05, 3.63) is 88.8 Å². The third-order valence-corrected chi connectivity index (χ3v) is 5.65. The number of fused-ring (bicyclic) bond motifs is 1. The Labute approximate surface area is 166 Å². The lowest BCUT2D eigenvalue weighted by atomic mass is 10.0. The fourth-order valence-corrected chi connectivity index (χ4v) is 4.40. The molecule has 3 aromatic carbocycles. The summed E-state index contributed by atoms with van der Waals surface area (Å²) in [6, 6.07) is 23.0. The van der Waals surface area contributed by atoms with Gasteiger partial charge in [-0.1, -0.05) is 60.7 Å². The lowest BCUT2D eigenvalue weighted by Gasteiger charge is -2.08. The standard InChI is InChI=1S/C23H18N2O2S/c1-14-19(16-8-3-2-4-9-16)20(21(24)26)23(28-14)25-22(27)18-12-11-15-7-5-6-10-17(15)13-18/h2-13H,1H3,(H2,24,26)(H,25,27). The van der Waals surface area contributed by atoms with Gasteiger partial charge in [0.1, 0.15) is 5.00 Å². The molecule has 0 saturated carbocycles. The topological polar surface area (TPSA) is 72.2 Å². The van der Waals surface area contributed by atoms with Crippen molar-refractivity contribution in [3.63, 3.8) is 0 Å². The van der Waals surface area contributed by atoms with Crippen LogP contribution >= 0.6 is 11.3 Å². The Bertz CT molecular complexity index is 1200. The van der Waals surface area contributed by atoms with Gasteiger partial charge in [0.05, 0.1) is 5.56 Å². The van der Waals surface area contributed by atoms with Crippen molar-refractivity contribution in [2.24, 2.45) is 5.73 Å². The summed E-state index contributed by atoms with van der Waals surface area (Å²) in [6.45, 7) is 1.92. The molecule has 4 rings (SSSR count). The van der Waals surface area contributed by atoms with Crippen LogP contribution in [0.5, 0.6) is 0 Å². The number of nitrogens with one attached hydrogen (secondary N) is 1. The van der Waals surface area contributed by atoms with Crippen LogP contribution in [0, 0.1) is 6.92 Å². The van der Waals surface area contributed by atoms with E-state index in [2.05, 4.69) is 5.32 Å². The van der Waals surface area contributed by atoms with Crippen LogP contribution in [0.15, 0.2) is 72.8 Å². The van der Waals surface area contributed by atoms with Crippen LogP contribution in [0.4, 0.5) is 5.00 Å². The van der Waals surface area contributed by atoms with E-state index < -0.39 is 5.91 Å². The smallest absolute Gasteiger partial charge is 0.256 e. The monoisotopic (exact) mass is 386 g/mol. The summed E-state index contributed by atoms with van der Waals surface area (Å²) in [5.41, 5.74) is 8.22. The maximum Gasteiger partial charge on any atom is 0.256 e. The summed E-state index contributed by atoms with van der Waals surface area (Å²) in [4.78, 5) is 26.0. The molecule has 1 aromatic heterocycles. The van der Waals surface area contributed by atoms with Crippen LogP contribution in [-0.4, -0.2) is 11.8 Å². The fraction of sp³-hybridized carbons (Fsp3) is 0.0435. The van der Waals surface area contributed by atoms with E-state index in [1.807, 2.05) is 73.7 Å². The van der Waals surface area contributed by atoms with Crippen molar-refractivity contribution in [3.8, 4) is 11.1 Å². The minimum Gasteiger partial charge on any atom is -0.365 e. The van der Waals surface area contributed by atoms with Crippen LogP contribution in [0.3, 0.4) is 0 Å². The number of nitrogens with two attached hydrogens (primary N) is 1. The predicted molar refractivity (Wildman–Crippen MR) is 115 cm³/mol. The third-order valence-electron chi connectivity index (χ3n) is 4.63. The number of thiophene rings is 1. The van der Waals surface area contributed by atoms with E-state index in [9.17, 15) is 9.59 Å². The second-order valence-corrected chi connectivity index (χ2v) is 7.71. The van der Waals surface area contributed by atoms with Crippen molar-refractivity contribution < 1.29 is 9.59 Å². The van der Waals surface area contributed by atoms with E-state index in [1.165, 1.54) is 11.3 Å². The molecule has 0 saturated heterocycles. The number of rotatable bonds is 4. The predicted octanol–water partition coefficient (Wildman–Crippen LogP) is 5.23. The van der Waals surface area contributed by atoms with Gasteiger partial charge in [-0.15, -0.1) is 11.3 Å². The zero-order chi connectivity index (χ0) is 19.7. The lowest BCUT2D eigenvalue weighted by molar-refractivity contribution is 0.100. The minimum absolute atomic E-state index is 0.269. The number of carbonyl (C=O) groups is 2. The van der Waals surface area contributed by atoms with Crippen molar-refractivity contribution in [2.45, 2.75) is 6.92 Å². The van der Waals surface area contributed by atoms with Gasteiger partial charge in [-0.3, -0.25) is 9.59 Å². The number of aryl methyl sites for hydroxylation is 1. The molecule has 0 aliphatic carbocycles. The number of benzene rings is 3. The summed E-state index contributed by atoms with van der Waals surface area (Å²) in [5.74, 6) is -0.828. The molecule has 2 amide bonds. The largest absolute Gasteiger partial charge is 0.365 e. The average Bonchev–Trinajstić information content (AvgIpc) is 3.04. The Morgan fingerprint density at radius 3 is 2.29 bits per heavy atom.